The molecule has 2 aliphatic heterocycles. The van der Waals surface area contributed by atoms with Gasteiger partial charge in [0, 0.05) is 45.5 Å². The molecule has 2 fully saturated rings. The molecule has 158 valence electrons. The van der Waals surface area contributed by atoms with Crippen LogP contribution < -0.4 is 5.32 Å². The quantitative estimate of drug-likeness (QED) is 0.763. The third-order valence-electron chi connectivity index (χ3n) is 5.48. The van der Waals surface area contributed by atoms with Crippen LogP contribution in [0.25, 0.3) is 0 Å². The molecule has 1 aromatic heterocycles. The summed E-state index contributed by atoms with van der Waals surface area (Å²) in [5, 5.41) is 2.91. The Morgan fingerprint density at radius 2 is 1.82 bits per heavy atom. The molecule has 10 heteroatoms. The zero-order valence-corrected chi connectivity index (χ0v) is 16.9. The summed E-state index contributed by atoms with van der Waals surface area (Å²) in [5.41, 5.74) is 0.283. The number of hydrogen-bond acceptors (Lipinski definition) is 4. The first-order valence-electron chi connectivity index (χ1n) is 9.75. The number of nitrogens with one attached hydrogen (secondary N) is 1. The number of aromatic nitrogens is 1. The number of piperidine rings is 2. The maximum Gasteiger partial charge on any atom is 0.268 e. The first kappa shape index (κ1) is 21.2. The molecule has 7 nitrogen and oxygen atoms in total. The van der Waals surface area contributed by atoms with Gasteiger partial charge in [0.15, 0.2) is 0 Å². The average Bonchev–Trinajstić information content (AvgIpc) is 3.06. The van der Waals surface area contributed by atoms with E-state index in [0.717, 1.165) is 19.3 Å². The van der Waals surface area contributed by atoms with Crippen molar-refractivity contribution in [3.05, 3.63) is 18.0 Å². The number of halogens is 2. The maximum absolute atomic E-state index is 12.8. The number of hydrogen-bond donors (Lipinski definition) is 1. The molecule has 3 heterocycles. The van der Waals surface area contributed by atoms with Crippen molar-refractivity contribution in [2.75, 3.05) is 32.7 Å². The van der Waals surface area contributed by atoms with Crippen molar-refractivity contribution in [3.63, 3.8) is 0 Å². The number of carbonyl (C=O) groups excluding carboxylic acids is 1. The highest BCUT2D eigenvalue weighted by molar-refractivity contribution is 7.89. The average molecular weight is 419 g/mol. The molecule has 0 atom stereocenters. The summed E-state index contributed by atoms with van der Waals surface area (Å²) in [5.74, 6) is -0.338. The van der Waals surface area contributed by atoms with Crippen LogP contribution in [0.3, 0.4) is 0 Å². The first-order chi connectivity index (χ1) is 13.3. The van der Waals surface area contributed by atoms with Gasteiger partial charge >= 0.3 is 0 Å². The lowest BCUT2D eigenvalue weighted by molar-refractivity contribution is 0.0694. The Morgan fingerprint density at radius 3 is 2.43 bits per heavy atom. The standard InChI is InChI=1S/C18H28F2N4O3S/c1-22-12-15(28(26,27)24-7-3-2-4-8-24)11-16(22)18(25)21-14-5-9-23(10-6-14)13-17(19)20/h11-12,14,17H,2-10,13H2,1H3,(H,21,25). The molecule has 2 aliphatic rings. The Morgan fingerprint density at radius 1 is 1.18 bits per heavy atom. The number of sulfonamides is 1. The molecule has 0 spiro atoms. The van der Waals surface area contributed by atoms with Gasteiger partial charge in [-0.15, -0.1) is 0 Å². The SMILES string of the molecule is Cn1cc(S(=O)(=O)N2CCCCC2)cc1C(=O)NC1CCN(CC(F)F)CC1. The molecule has 3 rings (SSSR count). The van der Waals surface area contributed by atoms with Gasteiger partial charge in [-0.05, 0) is 31.7 Å². The molecule has 1 N–H and O–H groups in total. The van der Waals surface area contributed by atoms with Gasteiger partial charge in [0.25, 0.3) is 12.3 Å². The number of nitrogens with zero attached hydrogens (tertiary/aromatic N) is 3. The molecule has 0 radical (unpaired) electrons. The Balaban J connectivity index is 1.62. The zero-order chi connectivity index (χ0) is 20.3. The number of likely N-dealkylation sites (tertiary alicyclic amines) is 1. The van der Waals surface area contributed by atoms with Crippen molar-refractivity contribution < 1.29 is 22.0 Å². The van der Waals surface area contributed by atoms with E-state index in [9.17, 15) is 22.0 Å². The molecule has 0 saturated carbocycles. The van der Waals surface area contributed by atoms with Gasteiger partial charge in [-0.1, -0.05) is 6.42 Å². The molecule has 0 bridgehead atoms. The number of aryl methyl sites for hydroxylation is 1. The van der Waals surface area contributed by atoms with Gasteiger partial charge in [0.1, 0.15) is 10.6 Å². The van der Waals surface area contributed by atoms with E-state index in [0.29, 0.717) is 39.0 Å². The van der Waals surface area contributed by atoms with E-state index >= 15 is 0 Å². The van der Waals surface area contributed by atoms with E-state index in [2.05, 4.69) is 5.32 Å². The highest BCUT2D eigenvalue weighted by atomic mass is 32.2. The summed E-state index contributed by atoms with van der Waals surface area (Å²) in [6.45, 7) is 1.80. The normalized spacial score (nSPS) is 20.6. The lowest BCUT2D eigenvalue weighted by atomic mass is 10.0. The number of rotatable bonds is 6. The fourth-order valence-corrected chi connectivity index (χ4v) is 5.46. The van der Waals surface area contributed by atoms with Crippen molar-refractivity contribution in [1.29, 1.82) is 0 Å². The molecule has 0 aromatic carbocycles. The second-order valence-corrected chi connectivity index (χ2v) is 9.51. The Labute approximate surface area is 164 Å². The van der Waals surface area contributed by atoms with Crippen molar-refractivity contribution in [2.24, 2.45) is 7.05 Å². The second-order valence-electron chi connectivity index (χ2n) is 7.58. The van der Waals surface area contributed by atoms with Crippen LogP contribution in [-0.2, 0) is 17.1 Å². The molecule has 0 aliphatic carbocycles. The van der Waals surface area contributed by atoms with Gasteiger partial charge in [-0.3, -0.25) is 9.69 Å². The van der Waals surface area contributed by atoms with Gasteiger partial charge in [0.2, 0.25) is 10.0 Å². The lowest BCUT2D eigenvalue weighted by Crippen LogP contribution is -2.46. The van der Waals surface area contributed by atoms with Gasteiger partial charge < -0.3 is 9.88 Å². The van der Waals surface area contributed by atoms with Crippen molar-refractivity contribution in [2.45, 2.75) is 49.5 Å². The summed E-state index contributed by atoms with van der Waals surface area (Å²) in [6, 6.07) is 1.32. The predicted molar refractivity (Wildman–Crippen MR) is 101 cm³/mol. The molecular formula is C18H28F2N4O3S. The number of alkyl halides is 2. The maximum atomic E-state index is 12.8. The summed E-state index contributed by atoms with van der Waals surface area (Å²) < 4.78 is 53.5. The fourth-order valence-electron chi connectivity index (χ4n) is 3.87. The van der Waals surface area contributed by atoms with Crippen LogP contribution in [0.4, 0.5) is 8.78 Å². The topological polar surface area (TPSA) is 74.6 Å². The summed E-state index contributed by atoms with van der Waals surface area (Å²) in [6.07, 6.45) is 3.06. The smallest absolute Gasteiger partial charge is 0.268 e. The van der Waals surface area contributed by atoms with E-state index in [-0.39, 0.29) is 29.1 Å². The van der Waals surface area contributed by atoms with Crippen molar-refractivity contribution >= 4 is 15.9 Å². The third-order valence-corrected chi connectivity index (χ3v) is 7.35. The zero-order valence-electron chi connectivity index (χ0n) is 16.1. The molecule has 1 amide bonds. The third kappa shape index (κ3) is 4.90. The summed E-state index contributed by atoms with van der Waals surface area (Å²) in [4.78, 5) is 14.5. The van der Waals surface area contributed by atoms with E-state index in [1.54, 1.807) is 11.9 Å². The summed E-state index contributed by atoms with van der Waals surface area (Å²) >= 11 is 0. The van der Waals surface area contributed by atoms with E-state index in [4.69, 9.17) is 0 Å². The Hall–Kier alpha value is -1.52. The minimum atomic E-state index is -3.59. The predicted octanol–water partition coefficient (Wildman–Crippen LogP) is 1.66. The van der Waals surface area contributed by atoms with Crippen LogP contribution >= 0.6 is 0 Å². The number of amides is 1. The Bertz CT molecular complexity index is 783. The van der Waals surface area contributed by atoms with Gasteiger partial charge in [0.05, 0.1) is 6.54 Å². The largest absolute Gasteiger partial charge is 0.348 e. The van der Waals surface area contributed by atoms with Crippen LogP contribution in [0, 0.1) is 0 Å². The van der Waals surface area contributed by atoms with Crippen LogP contribution in [0.15, 0.2) is 17.2 Å². The lowest BCUT2D eigenvalue weighted by Gasteiger charge is -2.32. The van der Waals surface area contributed by atoms with Gasteiger partial charge in [-0.2, -0.15) is 4.31 Å². The van der Waals surface area contributed by atoms with Crippen LogP contribution in [-0.4, -0.2) is 73.3 Å². The molecular weight excluding hydrogens is 390 g/mol. The second kappa shape index (κ2) is 8.87. The summed E-state index contributed by atoms with van der Waals surface area (Å²) in [7, 11) is -1.95. The highest BCUT2D eigenvalue weighted by Gasteiger charge is 2.29. The minimum absolute atomic E-state index is 0.0986. The highest BCUT2D eigenvalue weighted by Crippen LogP contribution is 2.22. The van der Waals surface area contributed by atoms with Gasteiger partial charge in [-0.25, -0.2) is 17.2 Å². The minimum Gasteiger partial charge on any atom is -0.348 e. The van der Waals surface area contributed by atoms with Crippen molar-refractivity contribution in [1.82, 2.24) is 19.1 Å². The van der Waals surface area contributed by atoms with E-state index in [1.165, 1.54) is 21.1 Å². The first-order valence-corrected chi connectivity index (χ1v) is 11.2. The van der Waals surface area contributed by atoms with Crippen LogP contribution in [0.1, 0.15) is 42.6 Å². The fraction of sp³-hybridized carbons (Fsp3) is 0.722. The van der Waals surface area contributed by atoms with E-state index < -0.39 is 16.4 Å². The molecule has 0 unspecified atom stereocenters. The molecule has 28 heavy (non-hydrogen) atoms. The molecule has 1 aromatic rings. The van der Waals surface area contributed by atoms with Crippen LogP contribution in [0.5, 0.6) is 0 Å². The molecule has 2 saturated heterocycles. The number of carbonyl (C=O) groups is 1. The van der Waals surface area contributed by atoms with Crippen LogP contribution in [0.2, 0.25) is 0 Å². The van der Waals surface area contributed by atoms with E-state index in [1.807, 2.05) is 0 Å². The monoisotopic (exact) mass is 418 g/mol. The Kier molecular flexibility index (Phi) is 6.72. The van der Waals surface area contributed by atoms with Crippen molar-refractivity contribution in [3.8, 4) is 0 Å².